The van der Waals surface area contributed by atoms with Crippen LogP contribution in [-0.2, 0) is 44.8 Å². The molecule has 12 nitrogen and oxygen atoms in total. The van der Waals surface area contributed by atoms with E-state index in [2.05, 4.69) is 20.4 Å². The van der Waals surface area contributed by atoms with Gasteiger partial charge in [-0.25, -0.2) is 9.97 Å². The number of aromatic nitrogens is 4. The van der Waals surface area contributed by atoms with Crippen LogP contribution < -0.4 is 10.6 Å². The van der Waals surface area contributed by atoms with Gasteiger partial charge >= 0.3 is 5.97 Å². The van der Waals surface area contributed by atoms with Crippen molar-refractivity contribution in [2.45, 2.75) is 103 Å². The number of fused-ring (bicyclic) bond motifs is 4. The van der Waals surface area contributed by atoms with E-state index in [4.69, 9.17) is 33.2 Å². The molecule has 2 bridgehead atoms. The first-order valence-corrected chi connectivity index (χ1v) is 22.1. The van der Waals surface area contributed by atoms with Gasteiger partial charge < -0.3 is 24.9 Å². The molecular formula is C45H54Cl2N8O4. The number of carbonyl (C=O) groups excluding carboxylic acids is 2. The van der Waals surface area contributed by atoms with Gasteiger partial charge in [-0.2, -0.15) is 0 Å². The predicted molar refractivity (Wildman–Crippen MR) is 229 cm³/mol. The number of hydrogen-bond acceptors (Lipinski definition) is 7. The van der Waals surface area contributed by atoms with Crippen molar-refractivity contribution >= 4 is 52.4 Å². The van der Waals surface area contributed by atoms with Crippen molar-refractivity contribution in [2.75, 3.05) is 30.3 Å². The largest absolute Gasteiger partial charge is 0.481 e. The Balaban J connectivity index is 0.859. The summed E-state index contributed by atoms with van der Waals surface area (Å²) < 4.78 is 3.78. The van der Waals surface area contributed by atoms with Crippen molar-refractivity contribution in [3.8, 4) is 11.1 Å². The molecule has 3 saturated carbocycles. The van der Waals surface area contributed by atoms with E-state index in [-0.39, 0.29) is 11.8 Å². The van der Waals surface area contributed by atoms with E-state index in [1.54, 1.807) is 18.2 Å². The van der Waals surface area contributed by atoms with Crippen LogP contribution in [0.15, 0.2) is 36.4 Å². The van der Waals surface area contributed by atoms with Gasteiger partial charge in [0.25, 0.3) is 11.8 Å². The number of halogens is 2. The van der Waals surface area contributed by atoms with Gasteiger partial charge in [0.2, 0.25) is 0 Å². The third-order valence-electron chi connectivity index (χ3n) is 14.7. The molecule has 2 aromatic heterocycles. The molecule has 3 aliphatic carbocycles. The van der Waals surface area contributed by atoms with E-state index in [0.29, 0.717) is 75.0 Å². The molecule has 4 aromatic rings. The molecule has 0 unspecified atom stereocenters. The van der Waals surface area contributed by atoms with Crippen LogP contribution in [0.25, 0.3) is 11.1 Å². The van der Waals surface area contributed by atoms with Crippen LogP contribution in [0, 0.1) is 16.7 Å². The second-order valence-corrected chi connectivity index (χ2v) is 19.0. The zero-order valence-corrected chi connectivity index (χ0v) is 35.8. The molecule has 312 valence electrons. The number of amides is 2. The van der Waals surface area contributed by atoms with Crippen LogP contribution in [0.4, 0.5) is 11.4 Å². The molecule has 59 heavy (non-hydrogen) atoms. The lowest BCUT2D eigenvalue weighted by atomic mass is 9.73. The van der Waals surface area contributed by atoms with Crippen LogP contribution in [0.1, 0.15) is 115 Å². The van der Waals surface area contributed by atoms with E-state index < -0.39 is 11.4 Å². The van der Waals surface area contributed by atoms with Crippen LogP contribution >= 0.6 is 23.2 Å². The zero-order valence-electron chi connectivity index (χ0n) is 34.3. The number of aliphatic carboxylic acids is 1. The minimum absolute atomic E-state index is 0.294. The first-order chi connectivity index (χ1) is 28.3. The van der Waals surface area contributed by atoms with E-state index in [9.17, 15) is 19.5 Å². The highest BCUT2D eigenvalue weighted by Crippen LogP contribution is 2.56. The Hall–Kier alpha value is -4.23. The highest BCUT2D eigenvalue weighted by atomic mass is 35.5. The van der Waals surface area contributed by atoms with Crippen molar-refractivity contribution in [2.24, 2.45) is 30.8 Å². The van der Waals surface area contributed by atoms with E-state index >= 15 is 0 Å². The summed E-state index contributed by atoms with van der Waals surface area (Å²) in [6, 6.07) is 11.1. The first-order valence-electron chi connectivity index (χ1n) is 21.3. The fraction of sp³-hybridized carbons (Fsp3) is 0.533. The molecule has 5 aliphatic rings. The molecule has 14 heteroatoms. The van der Waals surface area contributed by atoms with Gasteiger partial charge in [-0.05, 0) is 101 Å². The minimum Gasteiger partial charge on any atom is -0.481 e. The maximum atomic E-state index is 13.8. The SMILES string of the molecule is Cn1c(C(=O)Nc2cccc(-c3cccc(NC(=O)c4nc5c(n4C)CCN(C4CCC(C)(C(=O)O)CC4)C5)c3Cl)c2Cl)nc2c1CCN(CCC13CCC(CC1)C3)C2. The fourth-order valence-electron chi connectivity index (χ4n) is 10.9. The van der Waals surface area contributed by atoms with Crippen molar-refractivity contribution in [1.29, 1.82) is 0 Å². The summed E-state index contributed by atoms with van der Waals surface area (Å²) >= 11 is 14.0. The molecule has 0 saturated heterocycles. The summed E-state index contributed by atoms with van der Waals surface area (Å²) in [7, 11) is 3.78. The highest BCUT2D eigenvalue weighted by molar-refractivity contribution is 6.40. The highest BCUT2D eigenvalue weighted by Gasteiger charge is 2.45. The van der Waals surface area contributed by atoms with Gasteiger partial charge in [0.05, 0.1) is 38.2 Å². The lowest BCUT2D eigenvalue weighted by Crippen LogP contribution is -2.44. The third kappa shape index (κ3) is 7.48. The van der Waals surface area contributed by atoms with E-state index in [0.717, 1.165) is 80.6 Å². The number of nitrogens with one attached hydrogen (secondary N) is 2. The average molecular weight is 842 g/mol. The molecule has 4 heterocycles. The average Bonchev–Trinajstić information content (AvgIpc) is 4.01. The van der Waals surface area contributed by atoms with Gasteiger partial charge in [-0.3, -0.25) is 24.2 Å². The molecule has 0 radical (unpaired) electrons. The second-order valence-electron chi connectivity index (χ2n) is 18.3. The standard InChI is InChI=1S/C45H54Cl2N8O4/c1-44(43(58)59)16-12-28(13-17-44)55-22-15-36-34(26-55)49-40(53(36)3)42(57)51-32-9-5-7-30(38(32)47)29-6-4-8-31(37(29)46)50-41(56)39-48-33-25-54(21-14-35(33)52(39)2)23-20-45-18-10-27(24-45)11-19-45/h4-9,27-28H,10-26H2,1-3H3,(H,50,56)(H,51,57)(H,58,59). The summed E-state index contributed by atoms with van der Waals surface area (Å²) in [4.78, 5) is 53.9. The van der Waals surface area contributed by atoms with Gasteiger partial charge in [-0.15, -0.1) is 0 Å². The number of carbonyl (C=O) groups is 3. The number of hydrogen-bond donors (Lipinski definition) is 3. The summed E-state index contributed by atoms with van der Waals surface area (Å²) in [5.41, 5.74) is 5.93. The maximum Gasteiger partial charge on any atom is 0.309 e. The Bertz CT molecular complexity index is 2320. The number of carboxylic acid groups (broad SMARTS) is 1. The van der Waals surface area contributed by atoms with Crippen LogP contribution in [0.3, 0.4) is 0 Å². The van der Waals surface area contributed by atoms with Crippen LogP contribution in [0.5, 0.6) is 0 Å². The normalized spacial score (nSPS) is 25.4. The third-order valence-corrected chi connectivity index (χ3v) is 15.6. The number of nitrogens with zero attached hydrogens (tertiary/aromatic N) is 6. The van der Waals surface area contributed by atoms with Crippen molar-refractivity contribution < 1.29 is 19.5 Å². The summed E-state index contributed by atoms with van der Waals surface area (Å²) in [5, 5.41) is 16.3. The zero-order chi connectivity index (χ0) is 41.2. The Morgan fingerprint density at radius 2 is 1.32 bits per heavy atom. The van der Waals surface area contributed by atoms with Gasteiger partial charge in [0, 0.05) is 81.7 Å². The quantitative estimate of drug-likeness (QED) is 0.145. The van der Waals surface area contributed by atoms with Gasteiger partial charge in [-0.1, -0.05) is 47.5 Å². The topological polar surface area (TPSA) is 138 Å². The Morgan fingerprint density at radius 3 is 1.85 bits per heavy atom. The minimum atomic E-state index is -0.719. The molecule has 0 spiro atoms. The molecular weight excluding hydrogens is 787 g/mol. The van der Waals surface area contributed by atoms with Crippen LogP contribution in [0.2, 0.25) is 10.0 Å². The predicted octanol–water partition coefficient (Wildman–Crippen LogP) is 8.35. The van der Waals surface area contributed by atoms with E-state index in [1.165, 1.54) is 38.5 Å². The number of anilines is 2. The number of imidazole rings is 2. The molecule has 3 N–H and O–H groups in total. The molecule has 3 fully saturated rings. The molecule has 9 rings (SSSR count). The number of rotatable bonds is 10. The lowest BCUT2D eigenvalue weighted by molar-refractivity contribution is -0.150. The molecule has 2 aromatic carbocycles. The molecule has 0 atom stereocenters. The summed E-state index contributed by atoms with van der Waals surface area (Å²) in [6.45, 7) is 6.12. The van der Waals surface area contributed by atoms with Crippen LogP contribution in [-0.4, -0.2) is 77.5 Å². The Labute approximate surface area is 355 Å². The molecule has 2 aliphatic heterocycles. The fourth-order valence-corrected chi connectivity index (χ4v) is 11.5. The first kappa shape index (κ1) is 40.2. The van der Waals surface area contributed by atoms with Crippen molar-refractivity contribution in [3.05, 3.63) is 80.9 Å². The maximum absolute atomic E-state index is 13.8. The monoisotopic (exact) mass is 840 g/mol. The Kier molecular flexibility index (Phi) is 10.7. The smallest absolute Gasteiger partial charge is 0.309 e. The molecule has 2 amide bonds. The van der Waals surface area contributed by atoms with Crippen molar-refractivity contribution in [1.82, 2.24) is 28.9 Å². The summed E-state index contributed by atoms with van der Waals surface area (Å²) in [6.07, 6.45) is 12.8. The Morgan fingerprint density at radius 1 is 0.780 bits per heavy atom. The summed E-state index contributed by atoms with van der Waals surface area (Å²) in [5.74, 6) is 0.177. The van der Waals surface area contributed by atoms with Crippen molar-refractivity contribution in [3.63, 3.8) is 0 Å². The number of benzene rings is 2. The van der Waals surface area contributed by atoms with E-state index in [1.807, 2.05) is 48.4 Å². The second kappa shape index (κ2) is 15.7. The lowest BCUT2D eigenvalue weighted by Gasteiger charge is -2.41. The van der Waals surface area contributed by atoms with Gasteiger partial charge in [0.1, 0.15) is 0 Å². The number of carboxylic acids is 1. The van der Waals surface area contributed by atoms with Gasteiger partial charge in [0.15, 0.2) is 11.6 Å².